The first kappa shape index (κ1) is 14.3. The molecule has 0 saturated carbocycles. The highest BCUT2D eigenvalue weighted by Crippen LogP contribution is 2.26. The van der Waals surface area contributed by atoms with Crippen molar-refractivity contribution in [3.8, 4) is 0 Å². The Kier molecular flexibility index (Phi) is 3.80. The normalized spacial score (nSPS) is 19.1. The number of anilines is 1. The molecular formula is C15H24N6. The second kappa shape index (κ2) is 5.60. The van der Waals surface area contributed by atoms with Crippen molar-refractivity contribution < 1.29 is 0 Å². The summed E-state index contributed by atoms with van der Waals surface area (Å²) >= 11 is 0. The average Bonchev–Trinajstić information content (AvgIpc) is 3.00. The van der Waals surface area contributed by atoms with Gasteiger partial charge in [-0.15, -0.1) is 5.10 Å². The van der Waals surface area contributed by atoms with Gasteiger partial charge >= 0.3 is 0 Å². The summed E-state index contributed by atoms with van der Waals surface area (Å²) in [5.41, 5.74) is 1.00. The van der Waals surface area contributed by atoms with Gasteiger partial charge in [-0.05, 0) is 53.2 Å². The monoisotopic (exact) mass is 288 g/mol. The van der Waals surface area contributed by atoms with E-state index in [0.29, 0.717) is 5.78 Å². The Morgan fingerprint density at radius 3 is 2.86 bits per heavy atom. The number of hydrogen-bond donors (Lipinski definition) is 0. The molecule has 0 spiro atoms. The lowest BCUT2D eigenvalue weighted by Gasteiger charge is -2.20. The van der Waals surface area contributed by atoms with Gasteiger partial charge in [-0.3, -0.25) is 0 Å². The van der Waals surface area contributed by atoms with Crippen LogP contribution in [0.1, 0.15) is 24.4 Å². The Hall–Kier alpha value is -1.69. The smallest absolute Gasteiger partial charge is 0.254 e. The Balaban J connectivity index is 1.81. The minimum Gasteiger partial charge on any atom is -0.356 e. The first-order chi connectivity index (χ1) is 10.0. The minimum absolute atomic E-state index is 0.708. The summed E-state index contributed by atoms with van der Waals surface area (Å²) in [6, 6.07) is 2.12. The van der Waals surface area contributed by atoms with Gasteiger partial charge in [0, 0.05) is 24.8 Å². The van der Waals surface area contributed by atoms with Crippen LogP contribution in [0.5, 0.6) is 0 Å². The van der Waals surface area contributed by atoms with Crippen LogP contribution in [0, 0.1) is 19.8 Å². The molecule has 0 amide bonds. The van der Waals surface area contributed by atoms with Crippen molar-refractivity contribution in [3.63, 3.8) is 0 Å². The zero-order valence-corrected chi connectivity index (χ0v) is 13.4. The molecular weight excluding hydrogens is 264 g/mol. The number of aromatic nitrogens is 4. The SMILES string of the molecule is Cc1cc(N2CCC(CCN(C)C)C2)n2nc(C)nc2n1. The largest absolute Gasteiger partial charge is 0.356 e. The van der Waals surface area contributed by atoms with Crippen molar-refractivity contribution in [2.45, 2.75) is 26.7 Å². The highest BCUT2D eigenvalue weighted by Gasteiger charge is 2.25. The summed E-state index contributed by atoms with van der Waals surface area (Å²) in [5, 5.41) is 4.49. The van der Waals surface area contributed by atoms with Crippen LogP contribution in [0.4, 0.5) is 5.82 Å². The molecule has 21 heavy (non-hydrogen) atoms. The number of rotatable bonds is 4. The van der Waals surface area contributed by atoms with Gasteiger partial charge in [0.1, 0.15) is 11.6 Å². The number of fused-ring (bicyclic) bond motifs is 1. The Morgan fingerprint density at radius 2 is 2.10 bits per heavy atom. The van der Waals surface area contributed by atoms with Crippen LogP contribution in [0.3, 0.4) is 0 Å². The summed E-state index contributed by atoms with van der Waals surface area (Å²) in [6.45, 7) is 7.29. The van der Waals surface area contributed by atoms with Gasteiger partial charge in [0.2, 0.25) is 0 Å². The van der Waals surface area contributed by atoms with E-state index in [4.69, 9.17) is 0 Å². The molecule has 1 aliphatic rings. The lowest BCUT2D eigenvalue weighted by molar-refractivity contribution is 0.361. The molecule has 1 fully saturated rings. The number of hydrogen-bond acceptors (Lipinski definition) is 5. The number of aryl methyl sites for hydroxylation is 2. The second-order valence-corrected chi connectivity index (χ2v) is 6.32. The predicted octanol–water partition coefficient (Wildman–Crippen LogP) is 1.52. The molecule has 2 aromatic heterocycles. The van der Waals surface area contributed by atoms with Gasteiger partial charge in [0.05, 0.1) is 0 Å². The van der Waals surface area contributed by atoms with Crippen LogP contribution in [0.2, 0.25) is 0 Å². The fraction of sp³-hybridized carbons (Fsp3) is 0.667. The van der Waals surface area contributed by atoms with Crippen LogP contribution in [0.15, 0.2) is 6.07 Å². The van der Waals surface area contributed by atoms with Crippen LogP contribution in [0.25, 0.3) is 5.78 Å². The Morgan fingerprint density at radius 1 is 1.29 bits per heavy atom. The zero-order chi connectivity index (χ0) is 15.0. The first-order valence-electron chi connectivity index (χ1n) is 7.63. The fourth-order valence-corrected chi connectivity index (χ4v) is 3.01. The Bertz CT molecular complexity index is 632. The molecule has 0 radical (unpaired) electrons. The Labute approximate surface area is 125 Å². The van der Waals surface area contributed by atoms with E-state index in [9.17, 15) is 0 Å². The minimum atomic E-state index is 0.708. The third kappa shape index (κ3) is 3.00. The van der Waals surface area contributed by atoms with E-state index >= 15 is 0 Å². The predicted molar refractivity (Wildman–Crippen MR) is 83.7 cm³/mol. The van der Waals surface area contributed by atoms with E-state index in [2.05, 4.69) is 45.0 Å². The van der Waals surface area contributed by atoms with Gasteiger partial charge in [-0.1, -0.05) is 0 Å². The van der Waals surface area contributed by atoms with Gasteiger partial charge in [0.15, 0.2) is 0 Å². The molecule has 1 unspecified atom stereocenters. The van der Waals surface area contributed by atoms with E-state index in [0.717, 1.165) is 42.9 Å². The summed E-state index contributed by atoms with van der Waals surface area (Å²) in [4.78, 5) is 13.5. The van der Waals surface area contributed by atoms with Crippen LogP contribution < -0.4 is 4.90 Å². The standard InChI is InChI=1S/C15H24N6/c1-11-9-14(21-15(16-11)17-12(2)18-21)20-8-6-13(10-20)5-7-19(3)4/h9,13H,5-8,10H2,1-4H3. The molecule has 3 heterocycles. The summed E-state index contributed by atoms with van der Waals surface area (Å²) in [7, 11) is 4.28. The molecule has 0 aromatic carbocycles. The van der Waals surface area contributed by atoms with E-state index in [1.165, 1.54) is 12.8 Å². The molecule has 1 aliphatic heterocycles. The van der Waals surface area contributed by atoms with Crippen LogP contribution in [-0.4, -0.2) is 58.2 Å². The van der Waals surface area contributed by atoms with Crippen molar-refractivity contribution in [2.75, 3.05) is 38.6 Å². The highest BCUT2D eigenvalue weighted by atomic mass is 15.4. The maximum absolute atomic E-state index is 4.49. The molecule has 0 aliphatic carbocycles. The molecule has 1 atom stereocenters. The maximum Gasteiger partial charge on any atom is 0.254 e. The molecule has 0 N–H and O–H groups in total. The molecule has 2 aromatic rings. The lowest BCUT2D eigenvalue weighted by Crippen LogP contribution is -2.24. The quantitative estimate of drug-likeness (QED) is 0.854. The van der Waals surface area contributed by atoms with Crippen molar-refractivity contribution in [1.29, 1.82) is 0 Å². The highest BCUT2D eigenvalue weighted by molar-refractivity contribution is 5.48. The second-order valence-electron chi connectivity index (χ2n) is 6.32. The third-order valence-corrected chi connectivity index (χ3v) is 4.12. The molecule has 6 heteroatoms. The molecule has 1 saturated heterocycles. The van der Waals surface area contributed by atoms with Crippen LogP contribution in [-0.2, 0) is 0 Å². The lowest BCUT2D eigenvalue weighted by atomic mass is 10.1. The molecule has 114 valence electrons. The van der Waals surface area contributed by atoms with Gasteiger partial charge in [-0.25, -0.2) is 4.98 Å². The molecule has 0 bridgehead atoms. The summed E-state index contributed by atoms with van der Waals surface area (Å²) in [5.74, 6) is 3.38. The van der Waals surface area contributed by atoms with Crippen molar-refractivity contribution >= 4 is 11.6 Å². The van der Waals surface area contributed by atoms with Crippen molar-refractivity contribution in [1.82, 2.24) is 24.5 Å². The maximum atomic E-state index is 4.49. The molecule has 6 nitrogen and oxygen atoms in total. The van der Waals surface area contributed by atoms with Gasteiger partial charge < -0.3 is 9.80 Å². The van der Waals surface area contributed by atoms with Gasteiger partial charge in [0.25, 0.3) is 5.78 Å². The fourth-order valence-electron chi connectivity index (χ4n) is 3.01. The average molecular weight is 288 g/mol. The van der Waals surface area contributed by atoms with Crippen molar-refractivity contribution in [2.24, 2.45) is 5.92 Å². The van der Waals surface area contributed by atoms with E-state index < -0.39 is 0 Å². The topological polar surface area (TPSA) is 49.6 Å². The first-order valence-corrected chi connectivity index (χ1v) is 7.63. The van der Waals surface area contributed by atoms with E-state index in [-0.39, 0.29) is 0 Å². The molecule has 3 rings (SSSR count). The number of nitrogens with zero attached hydrogens (tertiary/aromatic N) is 6. The van der Waals surface area contributed by atoms with Crippen molar-refractivity contribution in [3.05, 3.63) is 17.6 Å². The van der Waals surface area contributed by atoms with E-state index in [1.54, 1.807) is 0 Å². The summed E-state index contributed by atoms with van der Waals surface area (Å²) < 4.78 is 1.89. The van der Waals surface area contributed by atoms with Gasteiger partial charge in [-0.2, -0.15) is 9.50 Å². The van der Waals surface area contributed by atoms with Crippen LogP contribution >= 0.6 is 0 Å². The summed E-state index contributed by atoms with van der Waals surface area (Å²) in [6.07, 6.45) is 2.51. The third-order valence-electron chi connectivity index (χ3n) is 4.12. The zero-order valence-electron chi connectivity index (χ0n) is 13.4. The van der Waals surface area contributed by atoms with E-state index in [1.807, 2.05) is 18.4 Å².